The van der Waals surface area contributed by atoms with Gasteiger partial charge in [0.15, 0.2) is 0 Å². The van der Waals surface area contributed by atoms with E-state index in [0.29, 0.717) is 17.1 Å². The van der Waals surface area contributed by atoms with Crippen molar-refractivity contribution in [1.82, 2.24) is 9.38 Å². The Kier molecular flexibility index (Phi) is 2.67. The van der Waals surface area contributed by atoms with Gasteiger partial charge in [-0.2, -0.15) is 13.2 Å². The molecular formula is C14H10F3N3. The zero-order valence-corrected chi connectivity index (χ0v) is 10.2. The molecule has 1 aromatic carbocycles. The first-order valence-electron chi connectivity index (χ1n) is 5.86. The van der Waals surface area contributed by atoms with Crippen LogP contribution in [0.2, 0.25) is 0 Å². The summed E-state index contributed by atoms with van der Waals surface area (Å²) in [5.41, 5.74) is 7.03. The normalized spacial score (nSPS) is 11.9. The topological polar surface area (TPSA) is 43.3 Å². The third-order valence-electron chi connectivity index (χ3n) is 3.07. The molecule has 3 aromatic rings. The summed E-state index contributed by atoms with van der Waals surface area (Å²) in [5.74, 6) is 0.557. The van der Waals surface area contributed by atoms with Gasteiger partial charge in [-0.3, -0.25) is 4.40 Å². The molecule has 0 saturated carbocycles. The van der Waals surface area contributed by atoms with Crippen LogP contribution in [0.4, 0.5) is 18.9 Å². The van der Waals surface area contributed by atoms with E-state index in [0.717, 1.165) is 17.6 Å². The fourth-order valence-electron chi connectivity index (χ4n) is 2.07. The Morgan fingerprint density at radius 3 is 2.40 bits per heavy atom. The molecule has 0 radical (unpaired) electrons. The number of nitrogen functional groups attached to an aromatic ring is 1. The molecule has 0 atom stereocenters. The summed E-state index contributed by atoms with van der Waals surface area (Å²) in [6.07, 6.45) is -0.967. The maximum absolute atomic E-state index is 12.5. The Balaban J connectivity index is 2.10. The number of anilines is 1. The second-order valence-electron chi connectivity index (χ2n) is 4.38. The number of hydrogen-bond donors (Lipinski definition) is 1. The minimum atomic E-state index is -4.34. The van der Waals surface area contributed by atoms with Gasteiger partial charge in [-0.15, -0.1) is 0 Å². The van der Waals surface area contributed by atoms with E-state index in [1.54, 1.807) is 28.9 Å². The molecule has 0 spiro atoms. The highest BCUT2D eigenvalue weighted by Gasteiger charge is 2.30. The van der Waals surface area contributed by atoms with Gasteiger partial charge in [-0.1, -0.05) is 12.1 Å². The van der Waals surface area contributed by atoms with Crippen LogP contribution in [0.3, 0.4) is 0 Å². The number of imidazole rings is 1. The van der Waals surface area contributed by atoms with E-state index >= 15 is 0 Å². The molecular weight excluding hydrogens is 267 g/mol. The standard InChI is InChI=1S/C14H10F3N3/c15-14(16,17)10-5-3-9(4-6-10)13-19-8-12-11(18)2-1-7-20(12)13/h1-8H,18H2. The number of nitrogens with zero attached hydrogens (tertiary/aromatic N) is 2. The Hall–Kier alpha value is -2.50. The fourth-order valence-corrected chi connectivity index (χ4v) is 2.07. The maximum Gasteiger partial charge on any atom is 0.416 e. The van der Waals surface area contributed by atoms with Gasteiger partial charge >= 0.3 is 6.18 Å². The summed E-state index contributed by atoms with van der Waals surface area (Å²) < 4.78 is 39.3. The number of pyridine rings is 1. The number of halogens is 3. The lowest BCUT2D eigenvalue weighted by Gasteiger charge is -2.07. The number of alkyl halides is 3. The molecule has 102 valence electrons. The summed E-state index contributed by atoms with van der Waals surface area (Å²) >= 11 is 0. The van der Waals surface area contributed by atoms with Crippen molar-refractivity contribution in [3.8, 4) is 11.4 Å². The number of benzene rings is 1. The molecule has 2 heterocycles. The molecule has 0 amide bonds. The van der Waals surface area contributed by atoms with Crippen LogP contribution in [0.25, 0.3) is 16.9 Å². The lowest BCUT2D eigenvalue weighted by molar-refractivity contribution is -0.137. The van der Waals surface area contributed by atoms with Crippen molar-refractivity contribution < 1.29 is 13.2 Å². The third kappa shape index (κ3) is 1.99. The summed E-state index contributed by atoms with van der Waals surface area (Å²) in [7, 11) is 0. The predicted octanol–water partition coefficient (Wildman–Crippen LogP) is 3.60. The lowest BCUT2D eigenvalue weighted by Crippen LogP contribution is -2.04. The minimum Gasteiger partial charge on any atom is -0.397 e. The Labute approximate surface area is 112 Å². The van der Waals surface area contributed by atoms with E-state index < -0.39 is 11.7 Å². The van der Waals surface area contributed by atoms with Crippen LogP contribution in [0, 0.1) is 0 Å². The van der Waals surface area contributed by atoms with Crippen LogP contribution in [-0.2, 0) is 6.18 Å². The van der Waals surface area contributed by atoms with E-state index in [4.69, 9.17) is 5.73 Å². The highest BCUT2D eigenvalue weighted by molar-refractivity contribution is 5.73. The van der Waals surface area contributed by atoms with Crippen molar-refractivity contribution in [3.63, 3.8) is 0 Å². The Bertz CT molecular complexity index is 757. The van der Waals surface area contributed by atoms with Gasteiger partial charge in [0.2, 0.25) is 0 Å². The molecule has 0 aliphatic heterocycles. The monoisotopic (exact) mass is 277 g/mol. The number of aromatic nitrogens is 2. The highest BCUT2D eigenvalue weighted by Crippen LogP contribution is 2.31. The zero-order valence-electron chi connectivity index (χ0n) is 10.2. The SMILES string of the molecule is Nc1cccn2c(-c3ccc(C(F)(F)F)cc3)ncc12. The number of fused-ring (bicyclic) bond motifs is 1. The van der Waals surface area contributed by atoms with Crippen LogP contribution >= 0.6 is 0 Å². The minimum absolute atomic E-state index is 0.557. The Morgan fingerprint density at radius 2 is 1.75 bits per heavy atom. The van der Waals surface area contributed by atoms with Gasteiger partial charge in [-0.05, 0) is 24.3 Å². The largest absolute Gasteiger partial charge is 0.416 e. The molecule has 0 saturated heterocycles. The highest BCUT2D eigenvalue weighted by atomic mass is 19.4. The lowest BCUT2D eigenvalue weighted by atomic mass is 10.1. The van der Waals surface area contributed by atoms with Crippen LogP contribution in [0.15, 0.2) is 48.8 Å². The van der Waals surface area contributed by atoms with Crippen LogP contribution in [0.5, 0.6) is 0 Å². The van der Waals surface area contributed by atoms with E-state index in [-0.39, 0.29) is 0 Å². The average molecular weight is 277 g/mol. The van der Waals surface area contributed by atoms with Crippen LogP contribution < -0.4 is 5.73 Å². The quantitative estimate of drug-likeness (QED) is 0.738. The first-order chi connectivity index (χ1) is 9.47. The van der Waals surface area contributed by atoms with Crippen LogP contribution in [-0.4, -0.2) is 9.38 Å². The van der Waals surface area contributed by atoms with Gasteiger partial charge in [0.1, 0.15) is 5.82 Å². The average Bonchev–Trinajstić information content (AvgIpc) is 2.83. The smallest absolute Gasteiger partial charge is 0.397 e. The molecule has 3 rings (SSSR count). The summed E-state index contributed by atoms with van der Waals surface area (Å²) in [6.45, 7) is 0. The molecule has 2 aromatic heterocycles. The molecule has 2 N–H and O–H groups in total. The molecule has 0 unspecified atom stereocenters. The van der Waals surface area contributed by atoms with Crippen molar-refractivity contribution in [2.45, 2.75) is 6.18 Å². The summed E-state index contributed by atoms with van der Waals surface area (Å²) in [6, 6.07) is 8.40. The van der Waals surface area contributed by atoms with Crippen LogP contribution in [0.1, 0.15) is 5.56 Å². The second kappa shape index (κ2) is 4.26. The van der Waals surface area contributed by atoms with Crippen molar-refractivity contribution in [1.29, 1.82) is 0 Å². The maximum atomic E-state index is 12.5. The van der Waals surface area contributed by atoms with Gasteiger partial charge in [0.05, 0.1) is 23.0 Å². The summed E-state index contributed by atoms with van der Waals surface area (Å²) in [5, 5.41) is 0. The fraction of sp³-hybridized carbons (Fsp3) is 0.0714. The summed E-state index contributed by atoms with van der Waals surface area (Å²) in [4.78, 5) is 4.22. The molecule has 6 heteroatoms. The molecule has 0 aliphatic rings. The second-order valence-corrected chi connectivity index (χ2v) is 4.38. The third-order valence-corrected chi connectivity index (χ3v) is 3.07. The first-order valence-corrected chi connectivity index (χ1v) is 5.86. The van der Waals surface area contributed by atoms with Gasteiger partial charge < -0.3 is 5.73 Å². The van der Waals surface area contributed by atoms with E-state index in [9.17, 15) is 13.2 Å². The molecule has 0 aliphatic carbocycles. The number of hydrogen-bond acceptors (Lipinski definition) is 2. The molecule has 3 nitrogen and oxygen atoms in total. The van der Waals surface area contributed by atoms with Gasteiger partial charge in [-0.25, -0.2) is 4.98 Å². The molecule has 0 fully saturated rings. The van der Waals surface area contributed by atoms with Crippen molar-refractivity contribution in [2.24, 2.45) is 0 Å². The van der Waals surface area contributed by atoms with Gasteiger partial charge in [0, 0.05) is 11.8 Å². The predicted molar refractivity (Wildman–Crippen MR) is 70.0 cm³/mol. The van der Waals surface area contributed by atoms with Crippen molar-refractivity contribution in [3.05, 3.63) is 54.4 Å². The molecule has 0 bridgehead atoms. The zero-order chi connectivity index (χ0) is 14.3. The van der Waals surface area contributed by atoms with E-state index in [1.165, 1.54) is 12.1 Å². The van der Waals surface area contributed by atoms with Gasteiger partial charge in [0.25, 0.3) is 0 Å². The van der Waals surface area contributed by atoms with E-state index in [1.807, 2.05) is 0 Å². The first kappa shape index (κ1) is 12.5. The van der Waals surface area contributed by atoms with E-state index in [2.05, 4.69) is 4.98 Å². The number of nitrogens with two attached hydrogens (primary N) is 1. The van der Waals surface area contributed by atoms with Crippen molar-refractivity contribution in [2.75, 3.05) is 5.73 Å². The Morgan fingerprint density at radius 1 is 1.05 bits per heavy atom. The molecule has 20 heavy (non-hydrogen) atoms. The van der Waals surface area contributed by atoms with Crippen molar-refractivity contribution >= 4 is 11.2 Å². The number of rotatable bonds is 1.